The molecule has 80 valence electrons. The van der Waals surface area contributed by atoms with E-state index in [9.17, 15) is 5.11 Å². The van der Waals surface area contributed by atoms with Gasteiger partial charge in [0, 0.05) is 11.8 Å². The molecule has 0 aliphatic carbocycles. The molecule has 0 unspecified atom stereocenters. The van der Waals surface area contributed by atoms with Crippen molar-refractivity contribution in [2.45, 2.75) is 6.92 Å². The normalized spacial score (nSPS) is 10.8. The minimum Gasteiger partial charge on any atom is -0.507 e. The van der Waals surface area contributed by atoms with E-state index in [0.717, 1.165) is 16.8 Å². The first-order valence-electron chi connectivity index (χ1n) is 5.15. The van der Waals surface area contributed by atoms with Gasteiger partial charge in [0.1, 0.15) is 5.75 Å². The standard InChI is InChI=1S/C14H13NO/c1-11-6-5-9-14(16)13(11)10-15-12-7-3-2-4-8-12/h2-10,16H,1H3. The molecule has 0 bridgehead atoms. The second-order valence-corrected chi connectivity index (χ2v) is 3.60. The van der Waals surface area contributed by atoms with Gasteiger partial charge in [0.15, 0.2) is 0 Å². The first-order valence-corrected chi connectivity index (χ1v) is 5.15. The SMILES string of the molecule is Cc1cccc(O)c1C=Nc1ccccc1. The van der Waals surface area contributed by atoms with Crippen molar-refractivity contribution in [1.82, 2.24) is 0 Å². The van der Waals surface area contributed by atoms with Crippen molar-refractivity contribution in [3.05, 3.63) is 59.7 Å². The second-order valence-electron chi connectivity index (χ2n) is 3.60. The summed E-state index contributed by atoms with van der Waals surface area (Å²) in [5.74, 6) is 0.264. The number of aromatic hydroxyl groups is 1. The molecule has 2 aromatic rings. The summed E-state index contributed by atoms with van der Waals surface area (Å²) in [6.07, 6.45) is 1.69. The highest BCUT2D eigenvalue weighted by molar-refractivity contribution is 5.87. The zero-order valence-corrected chi connectivity index (χ0v) is 9.09. The Morgan fingerprint density at radius 3 is 2.44 bits per heavy atom. The van der Waals surface area contributed by atoms with Gasteiger partial charge in [-0.05, 0) is 30.7 Å². The lowest BCUT2D eigenvalue weighted by atomic mass is 10.1. The van der Waals surface area contributed by atoms with Crippen LogP contribution in [0.4, 0.5) is 5.69 Å². The zero-order valence-electron chi connectivity index (χ0n) is 9.09. The molecule has 2 aromatic carbocycles. The third kappa shape index (κ3) is 2.28. The van der Waals surface area contributed by atoms with Crippen molar-refractivity contribution in [1.29, 1.82) is 0 Å². The number of nitrogens with zero attached hydrogens (tertiary/aromatic N) is 1. The molecule has 0 saturated heterocycles. The summed E-state index contributed by atoms with van der Waals surface area (Å²) in [4.78, 5) is 4.31. The van der Waals surface area contributed by atoms with Crippen molar-refractivity contribution in [2.24, 2.45) is 4.99 Å². The zero-order chi connectivity index (χ0) is 11.4. The van der Waals surface area contributed by atoms with Crippen LogP contribution in [0.15, 0.2) is 53.5 Å². The van der Waals surface area contributed by atoms with Gasteiger partial charge in [-0.2, -0.15) is 0 Å². The Kier molecular flexibility index (Phi) is 3.01. The maximum absolute atomic E-state index is 9.68. The van der Waals surface area contributed by atoms with Crippen LogP contribution in [0.1, 0.15) is 11.1 Å². The topological polar surface area (TPSA) is 32.6 Å². The van der Waals surface area contributed by atoms with E-state index in [-0.39, 0.29) is 5.75 Å². The Labute approximate surface area is 94.9 Å². The lowest BCUT2D eigenvalue weighted by Gasteiger charge is -2.02. The molecule has 2 nitrogen and oxygen atoms in total. The van der Waals surface area contributed by atoms with Gasteiger partial charge in [0.25, 0.3) is 0 Å². The monoisotopic (exact) mass is 211 g/mol. The van der Waals surface area contributed by atoms with Crippen LogP contribution in [0.5, 0.6) is 5.75 Å². The Hall–Kier alpha value is -2.09. The van der Waals surface area contributed by atoms with Gasteiger partial charge in [-0.3, -0.25) is 4.99 Å². The number of benzene rings is 2. The number of phenolic OH excluding ortho intramolecular Hbond substituents is 1. The lowest BCUT2D eigenvalue weighted by molar-refractivity contribution is 0.474. The van der Waals surface area contributed by atoms with E-state index < -0.39 is 0 Å². The van der Waals surface area contributed by atoms with Gasteiger partial charge in [-0.1, -0.05) is 30.3 Å². The predicted octanol–water partition coefficient (Wildman–Crippen LogP) is 3.45. The van der Waals surface area contributed by atoms with E-state index in [1.807, 2.05) is 49.4 Å². The maximum atomic E-state index is 9.68. The molecule has 2 rings (SSSR count). The highest BCUT2D eigenvalue weighted by Gasteiger charge is 2.00. The summed E-state index contributed by atoms with van der Waals surface area (Å²) in [7, 11) is 0. The molecule has 0 spiro atoms. The average Bonchev–Trinajstić information content (AvgIpc) is 2.30. The summed E-state index contributed by atoms with van der Waals surface area (Å²) in [6.45, 7) is 1.95. The van der Waals surface area contributed by atoms with Crippen molar-refractivity contribution in [3.63, 3.8) is 0 Å². The minimum absolute atomic E-state index is 0.264. The Bertz CT molecular complexity index is 483. The molecular weight excluding hydrogens is 198 g/mol. The van der Waals surface area contributed by atoms with Gasteiger partial charge < -0.3 is 5.11 Å². The van der Waals surface area contributed by atoms with E-state index in [2.05, 4.69) is 4.99 Å². The number of hydrogen-bond donors (Lipinski definition) is 1. The number of para-hydroxylation sites is 1. The number of aliphatic imine (C=N–C) groups is 1. The third-order valence-electron chi connectivity index (χ3n) is 2.40. The second kappa shape index (κ2) is 4.62. The van der Waals surface area contributed by atoms with Crippen LogP contribution in [-0.2, 0) is 0 Å². The summed E-state index contributed by atoms with van der Waals surface area (Å²) in [5.41, 5.74) is 2.66. The molecule has 0 radical (unpaired) electrons. The van der Waals surface area contributed by atoms with E-state index >= 15 is 0 Å². The highest BCUT2D eigenvalue weighted by Crippen LogP contribution is 2.19. The van der Waals surface area contributed by atoms with Gasteiger partial charge >= 0.3 is 0 Å². The maximum Gasteiger partial charge on any atom is 0.124 e. The Balaban J connectivity index is 2.31. The van der Waals surface area contributed by atoms with E-state index in [1.165, 1.54) is 0 Å². The molecule has 1 N–H and O–H groups in total. The summed E-state index contributed by atoms with van der Waals surface area (Å²) >= 11 is 0. The van der Waals surface area contributed by atoms with Crippen LogP contribution in [0, 0.1) is 6.92 Å². The molecule has 0 aliphatic heterocycles. The average molecular weight is 211 g/mol. The fourth-order valence-electron chi connectivity index (χ4n) is 1.49. The summed E-state index contributed by atoms with van der Waals surface area (Å²) in [5, 5.41) is 9.68. The van der Waals surface area contributed by atoms with Gasteiger partial charge in [0.05, 0.1) is 5.69 Å². The van der Waals surface area contributed by atoms with Gasteiger partial charge in [-0.25, -0.2) is 0 Å². The minimum atomic E-state index is 0.264. The van der Waals surface area contributed by atoms with Crippen molar-refractivity contribution < 1.29 is 5.11 Å². The molecule has 0 heterocycles. The van der Waals surface area contributed by atoms with Crippen molar-refractivity contribution >= 4 is 11.9 Å². The van der Waals surface area contributed by atoms with Crippen LogP contribution < -0.4 is 0 Å². The molecule has 2 heteroatoms. The number of rotatable bonds is 2. The van der Waals surface area contributed by atoms with E-state index in [1.54, 1.807) is 12.3 Å². The summed E-state index contributed by atoms with van der Waals surface area (Å²) < 4.78 is 0. The van der Waals surface area contributed by atoms with Gasteiger partial charge in [-0.15, -0.1) is 0 Å². The predicted molar refractivity (Wildman–Crippen MR) is 66.5 cm³/mol. The number of aryl methyl sites for hydroxylation is 1. The van der Waals surface area contributed by atoms with Gasteiger partial charge in [0.2, 0.25) is 0 Å². The molecule has 0 aliphatic rings. The lowest BCUT2D eigenvalue weighted by Crippen LogP contribution is -1.86. The van der Waals surface area contributed by atoms with Crippen molar-refractivity contribution in [2.75, 3.05) is 0 Å². The first-order chi connectivity index (χ1) is 7.77. The van der Waals surface area contributed by atoms with E-state index in [4.69, 9.17) is 0 Å². The molecular formula is C14H13NO. The van der Waals surface area contributed by atoms with Crippen LogP contribution in [0.3, 0.4) is 0 Å². The van der Waals surface area contributed by atoms with Crippen LogP contribution in [0.25, 0.3) is 0 Å². The largest absolute Gasteiger partial charge is 0.507 e. The highest BCUT2D eigenvalue weighted by atomic mass is 16.3. The Morgan fingerprint density at radius 2 is 1.75 bits per heavy atom. The Morgan fingerprint density at radius 1 is 1.00 bits per heavy atom. The first kappa shape index (κ1) is 10.4. The molecule has 16 heavy (non-hydrogen) atoms. The molecule has 0 amide bonds. The van der Waals surface area contributed by atoms with Crippen LogP contribution in [0.2, 0.25) is 0 Å². The smallest absolute Gasteiger partial charge is 0.124 e. The fourth-order valence-corrected chi connectivity index (χ4v) is 1.49. The van der Waals surface area contributed by atoms with E-state index in [0.29, 0.717) is 0 Å². The van der Waals surface area contributed by atoms with Crippen molar-refractivity contribution in [3.8, 4) is 5.75 Å². The fraction of sp³-hybridized carbons (Fsp3) is 0.0714. The quantitative estimate of drug-likeness (QED) is 0.758. The molecule has 0 aromatic heterocycles. The van der Waals surface area contributed by atoms with Crippen LogP contribution in [-0.4, -0.2) is 11.3 Å². The third-order valence-corrected chi connectivity index (χ3v) is 2.40. The van der Waals surface area contributed by atoms with Crippen LogP contribution >= 0.6 is 0 Å². The molecule has 0 saturated carbocycles. The number of phenols is 1. The molecule has 0 fully saturated rings. The molecule has 0 atom stereocenters. The summed E-state index contributed by atoms with van der Waals surface area (Å²) in [6, 6.07) is 15.1. The number of hydrogen-bond acceptors (Lipinski definition) is 2.